The Hall–Kier alpha value is -1.85. The van der Waals surface area contributed by atoms with Gasteiger partial charge in [0.2, 0.25) is 0 Å². The number of aromatic nitrogens is 1. The van der Waals surface area contributed by atoms with E-state index in [9.17, 15) is 10.1 Å². The van der Waals surface area contributed by atoms with Crippen LogP contribution < -0.4 is 5.32 Å². The lowest BCUT2D eigenvalue weighted by Gasteiger charge is -2.07. The van der Waals surface area contributed by atoms with Gasteiger partial charge in [0.15, 0.2) is 0 Å². The molecule has 2 aromatic rings. The van der Waals surface area contributed by atoms with Gasteiger partial charge in [0.1, 0.15) is 5.82 Å². The highest BCUT2D eigenvalue weighted by molar-refractivity contribution is 6.36. The van der Waals surface area contributed by atoms with Crippen molar-refractivity contribution in [3.63, 3.8) is 0 Å². The topological polar surface area (TPSA) is 68.1 Å². The Morgan fingerprint density at radius 3 is 2.58 bits per heavy atom. The van der Waals surface area contributed by atoms with Crippen molar-refractivity contribution in [1.29, 1.82) is 0 Å². The molecule has 0 amide bonds. The maximum atomic E-state index is 10.9. The van der Waals surface area contributed by atoms with Crippen molar-refractivity contribution < 1.29 is 4.92 Å². The summed E-state index contributed by atoms with van der Waals surface area (Å²) >= 11 is 11.9. The number of hydrogen-bond donors (Lipinski definition) is 1. The average Bonchev–Trinajstić information content (AvgIpc) is 2.38. The van der Waals surface area contributed by atoms with Crippen molar-refractivity contribution in [2.75, 3.05) is 12.4 Å². The summed E-state index contributed by atoms with van der Waals surface area (Å²) in [7, 11) is 1.64. The highest BCUT2D eigenvalue weighted by Gasteiger charge is 2.14. The van der Waals surface area contributed by atoms with Crippen LogP contribution in [0.5, 0.6) is 0 Å². The molecule has 1 N–H and O–H groups in total. The van der Waals surface area contributed by atoms with E-state index in [0.29, 0.717) is 27.1 Å². The normalized spacial score (nSPS) is 10.3. The van der Waals surface area contributed by atoms with Gasteiger partial charge < -0.3 is 5.32 Å². The Labute approximate surface area is 119 Å². The Morgan fingerprint density at radius 1 is 1.26 bits per heavy atom. The van der Waals surface area contributed by atoms with Crippen LogP contribution in [0.4, 0.5) is 11.5 Å². The van der Waals surface area contributed by atoms with E-state index in [1.807, 2.05) is 0 Å². The van der Waals surface area contributed by atoms with Gasteiger partial charge in [-0.2, -0.15) is 0 Å². The fraction of sp³-hybridized carbons (Fsp3) is 0.0833. The van der Waals surface area contributed by atoms with Crippen LogP contribution in [-0.2, 0) is 0 Å². The lowest BCUT2D eigenvalue weighted by Crippen LogP contribution is -1.97. The number of pyridine rings is 1. The van der Waals surface area contributed by atoms with Gasteiger partial charge in [-0.25, -0.2) is 4.98 Å². The molecule has 0 unspecified atom stereocenters. The third-order valence-corrected chi connectivity index (χ3v) is 3.03. The van der Waals surface area contributed by atoms with Crippen LogP contribution >= 0.6 is 23.2 Å². The molecule has 19 heavy (non-hydrogen) atoms. The SMILES string of the molecule is CNc1cc([N+](=O)[O-])cc(-c2ccc(Cl)cc2Cl)n1. The van der Waals surface area contributed by atoms with E-state index in [4.69, 9.17) is 23.2 Å². The highest BCUT2D eigenvalue weighted by Crippen LogP contribution is 2.32. The zero-order chi connectivity index (χ0) is 14.0. The molecule has 2 rings (SSSR count). The summed E-state index contributed by atoms with van der Waals surface area (Å²) in [5, 5.41) is 14.6. The molecular formula is C12H9Cl2N3O2. The van der Waals surface area contributed by atoms with Gasteiger partial charge in [-0.1, -0.05) is 23.2 Å². The number of nitrogens with zero attached hydrogens (tertiary/aromatic N) is 2. The molecule has 0 aliphatic carbocycles. The van der Waals surface area contributed by atoms with Crippen LogP contribution in [0.15, 0.2) is 30.3 Å². The number of rotatable bonds is 3. The molecule has 0 fully saturated rings. The minimum absolute atomic E-state index is 0.0552. The van der Waals surface area contributed by atoms with Gasteiger partial charge >= 0.3 is 0 Å². The molecule has 1 aromatic carbocycles. The summed E-state index contributed by atoms with van der Waals surface area (Å²) in [6.45, 7) is 0. The van der Waals surface area contributed by atoms with Crippen molar-refractivity contribution in [3.05, 3.63) is 50.5 Å². The molecule has 98 valence electrons. The van der Waals surface area contributed by atoms with E-state index >= 15 is 0 Å². The minimum Gasteiger partial charge on any atom is -0.373 e. The largest absolute Gasteiger partial charge is 0.373 e. The molecule has 0 bridgehead atoms. The van der Waals surface area contributed by atoms with Crippen LogP contribution in [0.25, 0.3) is 11.3 Å². The Bertz CT molecular complexity index is 647. The molecule has 1 aromatic heterocycles. The first kappa shape index (κ1) is 13.6. The van der Waals surface area contributed by atoms with Crippen LogP contribution in [0.2, 0.25) is 10.0 Å². The number of nitro groups is 1. The monoisotopic (exact) mass is 297 g/mol. The molecule has 0 spiro atoms. The second kappa shape index (κ2) is 5.42. The Balaban J connectivity index is 2.60. The quantitative estimate of drug-likeness (QED) is 0.686. The Morgan fingerprint density at radius 2 is 2.00 bits per heavy atom. The number of halogens is 2. The van der Waals surface area contributed by atoms with E-state index < -0.39 is 4.92 Å². The predicted molar refractivity (Wildman–Crippen MR) is 75.9 cm³/mol. The number of nitrogens with one attached hydrogen (secondary N) is 1. The summed E-state index contributed by atoms with van der Waals surface area (Å²) in [5.41, 5.74) is 0.951. The molecule has 0 saturated carbocycles. The first-order chi connectivity index (χ1) is 9.01. The van der Waals surface area contributed by atoms with Gasteiger partial charge in [-0.15, -0.1) is 0 Å². The molecule has 5 nitrogen and oxygen atoms in total. The van der Waals surface area contributed by atoms with Crippen LogP contribution in [-0.4, -0.2) is 17.0 Å². The van der Waals surface area contributed by atoms with E-state index in [1.54, 1.807) is 25.2 Å². The van der Waals surface area contributed by atoms with E-state index in [0.717, 1.165) is 0 Å². The maximum Gasteiger partial charge on any atom is 0.275 e. The van der Waals surface area contributed by atoms with Crippen LogP contribution in [0.1, 0.15) is 0 Å². The fourth-order valence-electron chi connectivity index (χ4n) is 1.58. The number of benzene rings is 1. The third kappa shape index (κ3) is 2.94. The van der Waals surface area contributed by atoms with Crippen molar-refractivity contribution in [1.82, 2.24) is 4.98 Å². The maximum absolute atomic E-state index is 10.9. The second-order valence-electron chi connectivity index (χ2n) is 3.73. The molecule has 0 saturated heterocycles. The lowest BCUT2D eigenvalue weighted by molar-refractivity contribution is -0.384. The van der Waals surface area contributed by atoms with Crippen molar-refractivity contribution in [3.8, 4) is 11.3 Å². The number of anilines is 1. The lowest BCUT2D eigenvalue weighted by atomic mass is 10.1. The molecule has 7 heteroatoms. The molecule has 0 aliphatic heterocycles. The molecule has 1 heterocycles. The average molecular weight is 298 g/mol. The van der Waals surface area contributed by atoms with Crippen LogP contribution in [0, 0.1) is 10.1 Å². The molecule has 0 aliphatic rings. The van der Waals surface area contributed by atoms with Crippen molar-refractivity contribution in [2.45, 2.75) is 0 Å². The van der Waals surface area contributed by atoms with Gasteiger partial charge in [0.05, 0.1) is 21.7 Å². The first-order valence-electron chi connectivity index (χ1n) is 5.31. The van der Waals surface area contributed by atoms with E-state index in [1.165, 1.54) is 12.1 Å². The minimum atomic E-state index is -0.476. The third-order valence-electron chi connectivity index (χ3n) is 2.48. The van der Waals surface area contributed by atoms with Gasteiger partial charge in [-0.05, 0) is 18.2 Å². The second-order valence-corrected chi connectivity index (χ2v) is 4.57. The van der Waals surface area contributed by atoms with Crippen LogP contribution in [0.3, 0.4) is 0 Å². The van der Waals surface area contributed by atoms with Gasteiger partial charge in [0.25, 0.3) is 5.69 Å². The van der Waals surface area contributed by atoms with Crippen molar-refractivity contribution in [2.24, 2.45) is 0 Å². The zero-order valence-corrected chi connectivity index (χ0v) is 11.4. The number of hydrogen-bond acceptors (Lipinski definition) is 4. The first-order valence-corrected chi connectivity index (χ1v) is 6.06. The standard InChI is InChI=1S/C12H9Cl2N3O2/c1-15-12-6-8(17(18)19)5-11(16-12)9-3-2-7(13)4-10(9)14/h2-6H,1H3,(H,15,16). The molecular weight excluding hydrogens is 289 g/mol. The highest BCUT2D eigenvalue weighted by atomic mass is 35.5. The van der Waals surface area contributed by atoms with Gasteiger partial charge in [0, 0.05) is 23.7 Å². The molecule has 0 radical (unpaired) electrons. The van der Waals surface area contributed by atoms with E-state index in [-0.39, 0.29) is 5.69 Å². The summed E-state index contributed by atoms with van der Waals surface area (Å²) in [4.78, 5) is 14.7. The summed E-state index contributed by atoms with van der Waals surface area (Å²) in [6, 6.07) is 7.62. The summed E-state index contributed by atoms with van der Waals surface area (Å²) < 4.78 is 0. The fourth-order valence-corrected chi connectivity index (χ4v) is 2.09. The molecule has 0 atom stereocenters. The predicted octanol–water partition coefficient (Wildman–Crippen LogP) is 4.01. The summed E-state index contributed by atoms with van der Waals surface area (Å²) in [5.74, 6) is 0.398. The summed E-state index contributed by atoms with van der Waals surface area (Å²) in [6.07, 6.45) is 0. The van der Waals surface area contributed by atoms with Gasteiger partial charge in [-0.3, -0.25) is 10.1 Å². The smallest absolute Gasteiger partial charge is 0.275 e. The van der Waals surface area contributed by atoms with E-state index in [2.05, 4.69) is 10.3 Å². The van der Waals surface area contributed by atoms with Crippen molar-refractivity contribution >= 4 is 34.7 Å². The Kier molecular flexibility index (Phi) is 3.87. The zero-order valence-electron chi connectivity index (χ0n) is 9.85.